The fraction of sp³-hybridized carbons (Fsp3) is 0.867. The average Bonchev–Trinajstić information content (AvgIpc) is 2.43. The molecule has 1 saturated heterocycles. The van der Waals surface area contributed by atoms with Crippen LogP contribution in [0.1, 0.15) is 53.4 Å². The normalized spacial score (nSPS) is 23.5. The maximum absolute atomic E-state index is 12.3. The van der Waals surface area contributed by atoms with Gasteiger partial charge in [0.2, 0.25) is 0 Å². The molecule has 1 heterocycles. The number of nitrogens with zero attached hydrogens (tertiary/aromatic N) is 1. The van der Waals surface area contributed by atoms with Crippen LogP contribution in [0, 0.1) is 11.3 Å². The van der Waals surface area contributed by atoms with Crippen molar-refractivity contribution in [3.05, 3.63) is 0 Å². The fourth-order valence-corrected chi connectivity index (χ4v) is 2.85. The molecule has 2 N–H and O–H groups in total. The van der Waals surface area contributed by atoms with Crippen LogP contribution in [0.3, 0.4) is 0 Å². The van der Waals surface area contributed by atoms with Crippen molar-refractivity contribution in [1.29, 1.82) is 0 Å². The van der Waals surface area contributed by atoms with E-state index in [0.717, 1.165) is 19.4 Å². The number of rotatable bonds is 5. The molecular formula is C15H28N2O3. The van der Waals surface area contributed by atoms with Gasteiger partial charge in [-0.25, -0.2) is 4.79 Å². The first-order chi connectivity index (χ1) is 9.38. The summed E-state index contributed by atoms with van der Waals surface area (Å²) in [5.74, 6) is -0.334. The summed E-state index contributed by atoms with van der Waals surface area (Å²) in [5, 5.41) is 12.2. The summed E-state index contributed by atoms with van der Waals surface area (Å²) >= 11 is 0. The van der Waals surface area contributed by atoms with Gasteiger partial charge in [-0.3, -0.25) is 4.79 Å². The van der Waals surface area contributed by atoms with E-state index < -0.39 is 11.4 Å². The minimum atomic E-state index is -0.847. The molecule has 0 aliphatic carbocycles. The van der Waals surface area contributed by atoms with Crippen LogP contribution in [-0.2, 0) is 4.79 Å². The number of carbonyl (C=O) groups is 2. The molecule has 0 aromatic carbocycles. The van der Waals surface area contributed by atoms with Crippen molar-refractivity contribution in [2.75, 3.05) is 13.1 Å². The van der Waals surface area contributed by atoms with Gasteiger partial charge in [-0.2, -0.15) is 0 Å². The van der Waals surface area contributed by atoms with Gasteiger partial charge < -0.3 is 15.3 Å². The van der Waals surface area contributed by atoms with Gasteiger partial charge in [-0.1, -0.05) is 20.8 Å². The molecule has 1 aliphatic heterocycles. The lowest BCUT2D eigenvalue weighted by Gasteiger charge is -2.38. The first-order valence-electron chi connectivity index (χ1n) is 7.65. The molecule has 2 atom stereocenters. The van der Waals surface area contributed by atoms with Crippen molar-refractivity contribution in [3.8, 4) is 0 Å². The molecule has 5 heteroatoms. The third-order valence-corrected chi connectivity index (χ3v) is 5.02. The Labute approximate surface area is 121 Å². The van der Waals surface area contributed by atoms with Gasteiger partial charge in [0.15, 0.2) is 0 Å². The molecule has 1 rings (SSSR count). The molecular weight excluding hydrogens is 256 g/mol. The molecule has 1 fully saturated rings. The number of piperidine rings is 1. The van der Waals surface area contributed by atoms with Crippen LogP contribution in [0.25, 0.3) is 0 Å². The van der Waals surface area contributed by atoms with E-state index in [4.69, 9.17) is 0 Å². The Hall–Kier alpha value is -1.26. The van der Waals surface area contributed by atoms with Crippen LogP contribution in [0.15, 0.2) is 0 Å². The minimum absolute atomic E-state index is 0.128. The fourth-order valence-electron chi connectivity index (χ4n) is 2.85. The number of carboxylic acid groups (broad SMARTS) is 1. The van der Waals surface area contributed by atoms with Gasteiger partial charge in [0.1, 0.15) is 0 Å². The zero-order valence-corrected chi connectivity index (χ0v) is 13.1. The number of likely N-dealkylation sites (tertiary alicyclic amines) is 1. The van der Waals surface area contributed by atoms with Crippen molar-refractivity contribution < 1.29 is 14.7 Å². The number of carbonyl (C=O) groups excluding carboxylic acids is 1. The second kappa shape index (κ2) is 6.95. The standard InChI is InChI=1S/C15H28N2O3/c1-5-15(6-2,13(18)19)10-16-14(20)17-9-7-8-11(3)12(17)4/h11-12H,5-10H2,1-4H3,(H,16,20)(H,18,19). The van der Waals surface area contributed by atoms with Gasteiger partial charge in [0.25, 0.3) is 0 Å². The van der Waals surface area contributed by atoms with Crippen molar-refractivity contribution in [2.45, 2.75) is 59.4 Å². The Bertz CT molecular complexity index is 353. The van der Waals surface area contributed by atoms with Crippen LogP contribution in [-0.4, -0.2) is 41.1 Å². The third kappa shape index (κ3) is 3.44. The van der Waals surface area contributed by atoms with E-state index in [1.54, 1.807) is 0 Å². The predicted molar refractivity (Wildman–Crippen MR) is 78.6 cm³/mol. The van der Waals surface area contributed by atoms with Gasteiger partial charge in [0, 0.05) is 19.1 Å². The summed E-state index contributed by atoms with van der Waals surface area (Å²) < 4.78 is 0. The quantitative estimate of drug-likeness (QED) is 0.815. The lowest BCUT2D eigenvalue weighted by Crippen LogP contribution is -2.53. The number of aliphatic carboxylic acids is 1. The highest BCUT2D eigenvalue weighted by Crippen LogP contribution is 2.26. The van der Waals surface area contributed by atoms with E-state index in [1.165, 1.54) is 0 Å². The molecule has 0 spiro atoms. The van der Waals surface area contributed by atoms with Crippen molar-refractivity contribution >= 4 is 12.0 Å². The van der Waals surface area contributed by atoms with Gasteiger partial charge in [0.05, 0.1) is 5.41 Å². The van der Waals surface area contributed by atoms with E-state index in [-0.39, 0.29) is 18.6 Å². The SMILES string of the molecule is CCC(CC)(CNC(=O)N1CCCC(C)C1C)C(=O)O. The zero-order chi connectivity index (χ0) is 15.3. The van der Waals surface area contributed by atoms with Crippen LogP contribution < -0.4 is 5.32 Å². The summed E-state index contributed by atoms with van der Waals surface area (Å²) in [5.41, 5.74) is -0.847. The summed E-state index contributed by atoms with van der Waals surface area (Å²) in [6.45, 7) is 8.89. The molecule has 1 aliphatic rings. The Morgan fingerprint density at radius 2 is 1.90 bits per heavy atom. The highest BCUT2D eigenvalue weighted by Gasteiger charge is 2.36. The van der Waals surface area contributed by atoms with Gasteiger partial charge in [-0.05, 0) is 38.5 Å². The summed E-state index contributed by atoms with van der Waals surface area (Å²) in [7, 11) is 0. The molecule has 0 aromatic heterocycles. The smallest absolute Gasteiger partial charge is 0.317 e. The van der Waals surface area contributed by atoms with Gasteiger partial charge in [-0.15, -0.1) is 0 Å². The van der Waals surface area contributed by atoms with Crippen LogP contribution in [0.4, 0.5) is 4.79 Å². The summed E-state index contributed by atoms with van der Waals surface area (Å²) in [6.07, 6.45) is 3.20. The predicted octanol–water partition coefficient (Wildman–Crippen LogP) is 2.71. The number of urea groups is 1. The molecule has 116 valence electrons. The second-order valence-corrected chi connectivity index (χ2v) is 6.00. The number of amides is 2. The Morgan fingerprint density at radius 3 is 2.40 bits per heavy atom. The molecule has 0 aromatic rings. The minimum Gasteiger partial charge on any atom is -0.481 e. The number of hydrogen-bond acceptors (Lipinski definition) is 2. The van der Waals surface area contributed by atoms with Crippen LogP contribution in [0.5, 0.6) is 0 Å². The third-order valence-electron chi connectivity index (χ3n) is 5.02. The molecule has 0 saturated carbocycles. The number of nitrogens with one attached hydrogen (secondary N) is 1. The average molecular weight is 284 g/mol. The Balaban J connectivity index is 2.64. The lowest BCUT2D eigenvalue weighted by molar-refractivity contribution is -0.149. The largest absolute Gasteiger partial charge is 0.481 e. The second-order valence-electron chi connectivity index (χ2n) is 6.00. The lowest BCUT2D eigenvalue weighted by atomic mass is 9.82. The molecule has 0 bridgehead atoms. The molecule has 2 amide bonds. The monoisotopic (exact) mass is 284 g/mol. The first kappa shape index (κ1) is 16.8. The highest BCUT2D eigenvalue weighted by molar-refractivity contribution is 5.78. The van der Waals surface area contributed by atoms with Crippen molar-refractivity contribution in [3.63, 3.8) is 0 Å². The molecule has 5 nitrogen and oxygen atoms in total. The maximum Gasteiger partial charge on any atom is 0.317 e. The molecule has 2 unspecified atom stereocenters. The first-order valence-corrected chi connectivity index (χ1v) is 7.65. The van der Waals surface area contributed by atoms with Crippen molar-refractivity contribution in [1.82, 2.24) is 10.2 Å². The van der Waals surface area contributed by atoms with E-state index in [2.05, 4.69) is 19.2 Å². The van der Waals surface area contributed by atoms with Crippen molar-refractivity contribution in [2.24, 2.45) is 11.3 Å². The Morgan fingerprint density at radius 1 is 1.30 bits per heavy atom. The summed E-state index contributed by atoms with van der Waals surface area (Å²) in [6, 6.07) is 0.0859. The van der Waals surface area contributed by atoms with Crippen LogP contribution in [0.2, 0.25) is 0 Å². The number of carboxylic acids is 1. The van der Waals surface area contributed by atoms with E-state index in [0.29, 0.717) is 18.8 Å². The topological polar surface area (TPSA) is 69.6 Å². The maximum atomic E-state index is 12.3. The highest BCUT2D eigenvalue weighted by atomic mass is 16.4. The summed E-state index contributed by atoms with van der Waals surface area (Å²) in [4.78, 5) is 25.5. The molecule has 20 heavy (non-hydrogen) atoms. The molecule has 0 radical (unpaired) electrons. The number of hydrogen-bond donors (Lipinski definition) is 2. The van der Waals surface area contributed by atoms with Crippen LogP contribution >= 0.6 is 0 Å². The van der Waals surface area contributed by atoms with E-state index >= 15 is 0 Å². The van der Waals surface area contributed by atoms with Gasteiger partial charge >= 0.3 is 12.0 Å². The van der Waals surface area contributed by atoms with E-state index in [9.17, 15) is 14.7 Å². The van der Waals surface area contributed by atoms with E-state index in [1.807, 2.05) is 18.7 Å². The zero-order valence-electron chi connectivity index (χ0n) is 13.1. The Kier molecular flexibility index (Phi) is 5.84.